The van der Waals surface area contributed by atoms with Crippen LogP contribution in [0.2, 0.25) is 0 Å². The fraction of sp³-hybridized carbons (Fsp3) is 0.250. The number of aromatic amines is 1. The molecule has 118 valence electrons. The van der Waals surface area contributed by atoms with Gasteiger partial charge in [-0.3, -0.25) is 4.79 Å². The highest BCUT2D eigenvalue weighted by molar-refractivity contribution is 5.97. The zero-order valence-corrected chi connectivity index (χ0v) is 13.0. The molecule has 1 aromatic carbocycles. The Morgan fingerprint density at radius 3 is 2.70 bits per heavy atom. The molecule has 0 aliphatic carbocycles. The van der Waals surface area contributed by atoms with Crippen LogP contribution in [0, 0.1) is 0 Å². The van der Waals surface area contributed by atoms with Crippen molar-refractivity contribution in [2.75, 3.05) is 13.6 Å². The second-order valence-corrected chi connectivity index (χ2v) is 5.46. The number of para-hydroxylation sites is 1. The number of nitrogens with zero attached hydrogens (tertiary/aromatic N) is 5. The molecule has 7 nitrogen and oxygen atoms in total. The molecule has 0 aliphatic rings. The van der Waals surface area contributed by atoms with Crippen LogP contribution in [0.4, 0.5) is 0 Å². The molecule has 3 rings (SSSR count). The number of likely N-dealkylation sites (N-methyl/N-ethyl adjacent to an activating group) is 1. The molecule has 0 saturated heterocycles. The van der Waals surface area contributed by atoms with Crippen LogP contribution in [0.15, 0.2) is 48.8 Å². The second-order valence-electron chi connectivity index (χ2n) is 5.46. The molecule has 7 heteroatoms. The topological polar surface area (TPSA) is 79.7 Å². The summed E-state index contributed by atoms with van der Waals surface area (Å²) in [5.41, 5.74) is 1.52. The maximum atomic E-state index is 12.8. The average Bonchev–Trinajstić information content (AvgIpc) is 3.27. The number of hydrogen-bond donors (Lipinski definition) is 1. The summed E-state index contributed by atoms with van der Waals surface area (Å²) in [6.45, 7) is 2.48. The predicted octanol–water partition coefficient (Wildman–Crippen LogP) is 1.87. The lowest BCUT2D eigenvalue weighted by molar-refractivity contribution is 0.0787. The highest BCUT2D eigenvalue weighted by atomic mass is 16.2. The summed E-state index contributed by atoms with van der Waals surface area (Å²) in [7, 11) is 1.78. The van der Waals surface area contributed by atoms with E-state index in [1.54, 1.807) is 11.9 Å². The predicted molar refractivity (Wildman–Crippen MR) is 85.3 cm³/mol. The van der Waals surface area contributed by atoms with Gasteiger partial charge in [-0.15, -0.1) is 10.2 Å². The van der Waals surface area contributed by atoms with Gasteiger partial charge in [0.2, 0.25) is 0 Å². The molecule has 2 aromatic heterocycles. The van der Waals surface area contributed by atoms with E-state index in [2.05, 4.69) is 20.6 Å². The van der Waals surface area contributed by atoms with Gasteiger partial charge in [-0.25, -0.2) is 0 Å². The highest BCUT2D eigenvalue weighted by Gasteiger charge is 2.20. The van der Waals surface area contributed by atoms with Crippen LogP contribution in [-0.2, 0) is 0 Å². The smallest absolute Gasteiger partial charge is 0.255 e. The van der Waals surface area contributed by atoms with Crippen molar-refractivity contribution in [2.24, 2.45) is 0 Å². The fourth-order valence-corrected chi connectivity index (χ4v) is 2.53. The van der Waals surface area contributed by atoms with E-state index in [1.165, 1.54) is 0 Å². The van der Waals surface area contributed by atoms with Crippen molar-refractivity contribution in [3.8, 4) is 5.69 Å². The number of carbonyl (C=O) groups is 1. The molecule has 0 aliphatic heterocycles. The minimum absolute atomic E-state index is 0.00133. The van der Waals surface area contributed by atoms with Gasteiger partial charge < -0.3 is 9.47 Å². The van der Waals surface area contributed by atoms with E-state index in [0.717, 1.165) is 5.69 Å². The van der Waals surface area contributed by atoms with Crippen molar-refractivity contribution >= 4 is 5.91 Å². The SMILES string of the molecule is CC(CN(C)C(=O)c1ccccc1-n1cccc1)c1nn[nH]n1. The van der Waals surface area contributed by atoms with Crippen molar-refractivity contribution in [3.05, 3.63) is 60.2 Å². The first-order chi connectivity index (χ1) is 11.2. The first-order valence-corrected chi connectivity index (χ1v) is 7.38. The molecule has 0 bridgehead atoms. The average molecular weight is 310 g/mol. The molecule has 1 atom stereocenters. The second kappa shape index (κ2) is 6.43. The molecule has 2 heterocycles. The van der Waals surface area contributed by atoms with Crippen molar-refractivity contribution in [2.45, 2.75) is 12.8 Å². The number of amides is 1. The number of H-pyrrole nitrogens is 1. The summed E-state index contributed by atoms with van der Waals surface area (Å²) in [5.74, 6) is 0.564. The molecule has 1 unspecified atom stereocenters. The van der Waals surface area contributed by atoms with Crippen molar-refractivity contribution in [3.63, 3.8) is 0 Å². The maximum absolute atomic E-state index is 12.8. The first-order valence-electron chi connectivity index (χ1n) is 7.38. The lowest BCUT2D eigenvalue weighted by Crippen LogP contribution is -2.31. The zero-order valence-electron chi connectivity index (χ0n) is 13.0. The van der Waals surface area contributed by atoms with E-state index >= 15 is 0 Å². The Bertz CT molecular complexity index is 766. The monoisotopic (exact) mass is 310 g/mol. The number of nitrogens with one attached hydrogen (secondary N) is 1. The molecular weight excluding hydrogens is 292 g/mol. The van der Waals surface area contributed by atoms with Crippen molar-refractivity contribution < 1.29 is 4.79 Å². The van der Waals surface area contributed by atoms with Crippen molar-refractivity contribution in [1.29, 1.82) is 0 Å². The van der Waals surface area contributed by atoms with Gasteiger partial charge in [0.1, 0.15) is 0 Å². The number of benzene rings is 1. The highest BCUT2D eigenvalue weighted by Crippen LogP contribution is 2.18. The molecule has 0 radical (unpaired) electrons. The number of rotatable bonds is 5. The van der Waals surface area contributed by atoms with Gasteiger partial charge in [0.15, 0.2) is 5.82 Å². The van der Waals surface area contributed by atoms with Crippen LogP contribution in [0.1, 0.15) is 29.0 Å². The Balaban J connectivity index is 1.80. The normalized spacial score (nSPS) is 12.1. The van der Waals surface area contributed by atoms with Gasteiger partial charge >= 0.3 is 0 Å². The van der Waals surface area contributed by atoms with Crippen molar-refractivity contribution in [1.82, 2.24) is 30.1 Å². The summed E-state index contributed by atoms with van der Waals surface area (Å²) >= 11 is 0. The van der Waals surface area contributed by atoms with Gasteiger partial charge in [-0.05, 0) is 24.3 Å². The largest absolute Gasteiger partial charge is 0.341 e. The van der Waals surface area contributed by atoms with Crippen LogP contribution in [0.5, 0.6) is 0 Å². The van der Waals surface area contributed by atoms with E-state index in [4.69, 9.17) is 0 Å². The summed E-state index contributed by atoms with van der Waals surface area (Å²) in [4.78, 5) is 14.5. The Kier molecular flexibility index (Phi) is 4.18. The molecule has 1 amide bonds. The van der Waals surface area contributed by atoms with Gasteiger partial charge in [0.25, 0.3) is 5.91 Å². The van der Waals surface area contributed by atoms with E-state index in [9.17, 15) is 4.79 Å². The molecule has 3 aromatic rings. The van der Waals surface area contributed by atoms with E-state index in [1.807, 2.05) is 60.3 Å². The third-order valence-electron chi connectivity index (χ3n) is 3.71. The third-order valence-corrected chi connectivity index (χ3v) is 3.71. The molecule has 0 fully saturated rings. The minimum Gasteiger partial charge on any atom is -0.341 e. The van der Waals surface area contributed by atoms with Crippen LogP contribution < -0.4 is 0 Å². The maximum Gasteiger partial charge on any atom is 0.255 e. The lowest BCUT2D eigenvalue weighted by atomic mass is 10.1. The molecule has 0 saturated carbocycles. The molecule has 0 spiro atoms. The van der Waals surface area contributed by atoms with E-state index in [-0.39, 0.29) is 11.8 Å². The summed E-state index contributed by atoms with van der Waals surface area (Å²) in [6, 6.07) is 11.4. The van der Waals surface area contributed by atoms with Gasteiger partial charge in [-0.1, -0.05) is 24.3 Å². The Morgan fingerprint density at radius 2 is 2.00 bits per heavy atom. The van der Waals surface area contributed by atoms with Gasteiger partial charge in [-0.2, -0.15) is 5.21 Å². The van der Waals surface area contributed by atoms with E-state index in [0.29, 0.717) is 17.9 Å². The molecule has 1 N–H and O–H groups in total. The lowest BCUT2D eigenvalue weighted by Gasteiger charge is -2.21. The summed E-state index contributed by atoms with van der Waals surface area (Å²) in [6.07, 6.45) is 3.85. The minimum atomic E-state index is -0.0374. The number of tetrazole rings is 1. The quantitative estimate of drug-likeness (QED) is 0.780. The number of hydrogen-bond acceptors (Lipinski definition) is 4. The Hall–Kier alpha value is -2.96. The van der Waals surface area contributed by atoms with Gasteiger partial charge in [0, 0.05) is 31.9 Å². The zero-order chi connectivity index (χ0) is 16.2. The Labute approximate surface area is 133 Å². The van der Waals surface area contributed by atoms with Crippen LogP contribution in [0.3, 0.4) is 0 Å². The van der Waals surface area contributed by atoms with Crippen LogP contribution in [-0.4, -0.2) is 49.6 Å². The number of aromatic nitrogens is 5. The summed E-state index contributed by atoms with van der Waals surface area (Å²) < 4.78 is 1.93. The van der Waals surface area contributed by atoms with Gasteiger partial charge in [0.05, 0.1) is 11.3 Å². The molecule has 23 heavy (non-hydrogen) atoms. The summed E-state index contributed by atoms with van der Waals surface area (Å²) in [5, 5.41) is 13.9. The molecular formula is C16H18N6O. The van der Waals surface area contributed by atoms with Crippen LogP contribution in [0.25, 0.3) is 5.69 Å². The third kappa shape index (κ3) is 3.13. The fourth-order valence-electron chi connectivity index (χ4n) is 2.53. The standard InChI is InChI=1S/C16H18N6O/c1-12(15-17-19-20-18-15)11-21(2)16(23)13-7-3-4-8-14(13)22-9-5-6-10-22/h3-10,12H,11H2,1-2H3,(H,17,18,19,20). The van der Waals surface area contributed by atoms with Crippen LogP contribution >= 0.6 is 0 Å². The van der Waals surface area contributed by atoms with E-state index < -0.39 is 0 Å². The number of carbonyl (C=O) groups excluding carboxylic acids is 1. The first kappa shape index (κ1) is 15.0. The Morgan fingerprint density at radius 1 is 1.26 bits per heavy atom.